The number of hydrogen-bond donors (Lipinski definition) is 1. The van der Waals surface area contributed by atoms with E-state index in [1.165, 1.54) is 12.8 Å². The number of allylic oxidation sites excluding steroid dienone is 3. The van der Waals surface area contributed by atoms with Gasteiger partial charge in [0.25, 0.3) is 0 Å². The summed E-state index contributed by atoms with van der Waals surface area (Å²) in [5.74, 6) is 0. The fourth-order valence-corrected chi connectivity index (χ4v) is 1.06. The van der Waals surface area contributed by atoms with E-state index in [1.807, 2.05) is 13.1 Å². The minimum absolute atomic E-state index is 0.935. The Kier molecular flexibility index (Phi) is 7.90. The summed E-state index contributed by atoms with van der Waals surface area (Å²) < 4.78 is 0. The Balaban J connectivity index is 4.17. The van der Waals surface area contributed by atoms with Crippen molar-refractivity contribution in [1.82, 2.24) is 0 Å². The van der Waals surface area contributed by atoms with Gasteiger partial charge in [-0.05, 0) is 38.0 Å². The number of nitrogens with zero attached hydrogens (tertiary/aromatic N) is 1. The lowest BCUT2D eigenvalue weighted by atomic mass is 10.2. The van der Waals surface area contributed by atoms with Gasteiger partial charge < -0.3 is 5.73 Å². The van der Waals surface area contributed by atoms with Crippen LogP contribution in [0.15, 0.2) is 28.5 Å². The average Bonchev–Trinajstić information content (AvgIpc) is 2.23. The molecule has 2 nitrogen and oxygen atoms in total. The predicted molar refractivity (Wildman–Crippen MR) is 64.3 cm³/mol. The van der Waals surface area contributed by atoms with Crippen molar-refractivity contribution >= 4 is 6.21 Å². The monoisotopic (exact) mass is 194 g/mol. The first-order chi connectivity index (χ1) is 6.78. The third-order valence-corrected chi connectivity index (χ3v) is 2.14. The van der Waals surface area contributed by atoms with E-state index in [2.05, 4.69) is 24.9 Å². The lowest BCUT2D eigenvalue weighted by Gasteiger charge is -1.99. The van der Waals surface area contributed by atoms with Crippen molar-refractivity contribution in [2.75, 3.05) is 0 Å². The van der Waals surface area contributed by atoms with Gasteiger partial charge in [0, 0.05) is 11.9 Å². The first-order valence-corrected chi connectivity index (χ1v) is 5.38. The summed E-state index contributed by atoms with van der Waals surface area (Å²) in [4.78, 5) is 4.41. The highest BCUT2D eigenvalue weighted by Gasteiger charge is 1.92. The van der Waals surface area contributed by atoms with Gasteiger partial charge in [-0.15, -0.1) is 0 Å². The van der Waals surface area contributed by atoms with Crippen molar-refractivity contribution in [3.8, 4) is 0 Å². The molecule has 2 heteroatoms. The van der Waals surface area contributed by atoms with Gasteiger partial charge in [-0.3, -0.25) is 4.99 Å². The van der Waals surface area contributed by atoms with Gasteiger partial charge in [0.05, 0.1) is 0 Å². The highest BCUT2D eigenvalue weighted by Crippen LogP contribution is 2.08. The lowest BCUT2D eigenvalue weighted by molar-refractivity contribution is 0.781. The van der Waals surface area contributed by atoms with Crippen LogP contribution in [0.3, 0.4) is 0 Å². The number of aliphatic imine (C=N–C) groups is 1. The van der Waals surface area contributed by atoms with Crippen LogP contribution in [-0.4, -0.2) is 6.21 Å². The Morgan fingerprint density at radius 3 is 2.50 bits per heavy atom. The normalized spacial score (nSPS) is 13.9. The fourth-order valence-electron chi connectivity index (χ4n) is 1.06. The molecule has 0 saturated heterocycles. The van der Waals surface area contributed by atoms with Crippen LogP contribution in [0, 0.1) is 0 Å². The van der Waals surface area contributed by atoms with E-state index in [0.717, 1.165) is 24.1 Å². The second kappa shape index (κ2) is 8.54. The van der Waals surface area contributed by atoms with Gasteiger partial charge in [0.15, 0.2) is 0 Å². The molecule has 0 bridgehead atoms. The van der Waals surface area contributed by atoms with Crippen molar-refractivity contribution in [3.63, 3.8) is 0 Å². The molecule has 0 atom stereocenters. The van der Waals surface area contributed by atoms with E-state index in [9.17, 15) is 0 Å². The molecule has 0 radical (unpaired) electrons. The van der Waals surface area contributed by atoms with Crippen molar-refractivity contribution < 1.29 is 0 Å². The van der Waals surface area contributed by atoms with Crippen molar-refractivity contribution in [2.45, 2.75) is 46.5 Å². The summed E-state index contributed by atoms with van der Waals surface area (Å²) in [6, 6.07) is 0. The van der Waals surface area contributed by atoms with Crippen LogP contribution in [0.25, 0.3) is 0 Å². The summed E-state index contributed by atoms with van der Waals surface area (Å²) >= 11 is 0. The molecule has 0 aromatic rings. The minimum Gasteiger partial charge on any atom is -0.404 e. The molecule has 14 heavy (non-hydrogen) atoms. The lowest BCUT2D eigenvalue weighted by Crippen LogP contribution is -1.90. The number of rotatable bonds is 6. The predicted octanol–water partition coefficient (Wildman–Crippen LogP) is 3.40. The fraction of sp³-hybridized carbons (Fsp3) is 0.583. The third-order valence-electron chi connectivity index (χ3n) is 2.14. The highest BCUT2D eigenvalue weighted by atomic mass is 14.7. The van der Waals surface area contributed by atoms with Crippen LogP contribution in [-0.2, 0) is 0 Å². The van der Waals surface area contributed by atoms with E-state index in [1.54, 1.807) is 6.20 Å². The number of nitrogens with two attached hydrogens (primary N) is 1. The Labute approximate surface area is 87.6 Å². The molecule has 0 saturated carbocycles. The summed E-state index contributed by atoms with van der Waals surface area (Å²) in [5.41, 5.74) is 7.67. The van der Waals surface area contributed by atoms with E-state index in [0.29, 0.717) is 0 Å². The topological polar surface area (TPSA) is 38.4 Å². The molecule has 0 spiro atoms. The SMILES string of the molecule is C\C=C(CCCC)/N=C/C(=C\N)CC. The molecule has 0 aliphatic carbocycles. The second-order valence-electron chi connectivity index (χ2n) is 3.24. The van der Waals surface area contributed by atoms with Gasteiger partial charge in [-0.25, -0.2) is 0 Å². The molecular formula is C12H22N2. The van der Waals surface area contributed by atoms with Crippen LogP contribution in [0.5, 0.6) is 0 Å². The van der Waals surface area contributed by atoms with E-state index in [4.69, 9.17) is 5.73 Å². The first-order valence-electron chi connectivity index (χ1n) is 5.38. The molecule has 0 aromatic heterocycles. The van der Waals surface area contributed by atoms with Crippen LogP contribution in [0.2, 0.25) is 0 Å². The van der Waals surface area contributed by atoms with Crippen LogP contribution in [0.4, 0.5) is 0 Å². The Morgan fingerprint density at radius 1 is 1.36 bits per heavy atom. The van der Waals surface area contributed by atoms with Gasteiger partial charge in [-0.1, -0.05) is 26.3 Å². The Bertz CT molecular complexity index is 224. The zero-order chi connectivity index (χ0) is 10.8. The quantitative estimate of drug-likeness (QED) is 0.646. The maximum atomic E-state index is 5.44. The molecule has 0 unspecified atom stereocenters. The van der Waals surface area contributed by atoms with Gasteiger partial charge in [0.1, 0.15) is 0 Å². The zero-order valence-electron chi connectivity index (χ0n) is 9.59. The molecule has 0 fully saturated rings. The van der Waals surface area contributed by atoms with Gasteiger partial charge in [0.2, 0.25) is 0 Å². The molecule has 80 valence electrons. The molecular weight excluding hydrogens is 172 g/mol. The van der Waals surface area contributed by atoms with E-state index >= 15 is 0 Å². The summed E-state index contributed by atoms with van der Waals surface area (Å²) in [6.45, 7) is 6.29. The molecule has 0 aromatic carbocycles. The number of hydrogen-bond acceptors (Lipinski definition) is 2. The maximum absolute atomic E-state index is 5.44. The maximum Gasteiger partial charge on any atom is 0.0361 e. The van der Waals surface area contributed by atoms with Crippen molar-refractivity contribution in [1.29, 1.82) is 0 Å². The highest BCUT2D eigenvalue weighted by molar-refractivity contribution is 5.79. The zero-order valence-corrected chi connectivity index (χ0v) is 9.59. The largest absolute Gasteiger partial charge is 0.404 e. The van der Waals surface area contributed by atoms with Gasteiger partial charge >= 0.3 is 0 Å². The smallest absolute Gasteiger partial charge is 0.0361 e. The summed E-state index contributed by atoms with van der Waals surface area (Å²) in [5, 5.41) is 0. The molecule has 0 aliphatic heterocycles. The minimum atomic E-state index is 0.935. The van der Waals surface area contributed by atoms with Crippen molar-refractivity contribution in [3.05, 3.63) is 23.5 Å². The van der Waals surface area contributed by atoms with E-state index < -0.39 is 0 Å². The first kappa shape index (κ1) is 12.9. The van der Waals surface area contributed by atoms with Crippen molar-refractivity contribution in [2.24, 2.45) is 10.7 Å². The molecule has 0 heterocycles. The number of unbranched alkanes of at least 4 members (excludes halogenated alkanes) is 1. The molecule has 0 amide bonds. The average molecular weight is 194 g/mol. The Hall–Kier alpha value is -1.05. The molecule has 0 rings (SSSR count). The summed E-state index contributed by atoms with van der Waals surface area (Å²) in [6.07, 6.45) is 9.96. The van der Waals surface area contributed by atoms with Gasteiger partial charge in [-0.2, -0.15) is 0 Å². The third kappa shape index (κ3) is 5.57. The second-order valence-corrected chi connectivity index (χ2v) is 3.24. The molecule has 0 aliphatic rings. The summed E-state index contributed by atoms with van der Waals surface area (Å²) in [7, 11) is 0. The standard InChI is InChI=1S/C12H22N2/c1-4-7-8-12(6-3)14-10-11(5-2)9-13/h6,9-10H,4-5,7-8,13H2,1-3H3/b11-9-,12-6-,14-10+. The van der Waals surface area contributed by atoms with Crippen LogP contribution >= 0.6 is 0 Å². The van der Waals surface area contributed by atoms with Crippen LogP contribution < -0.4 is 5.73 Å². The molecule has 2 N–H and O–H groups in total. The Morgan fingerprint density at radius 2 is 2.07 bits per heavy atom. The van der Waals surface area contributed by atoms with Crippen LogP contribution in [0.1, 0.15) is 46.5 Å². The van der Waals surface area contributed by atoms with E-state index in [-0.39, 0.29) is 0 Å².